The highest BCUT2D eigenvalue weighted by Crippen LogP contribution is 2.19. The summed E-state index contributed by atoms with van der Waals surface area (Å²) < 4.78 is 5.85. The summed E-state index contributed by atoms with van der Waals surface area (Å²) in [6, 6.07) is 6.64. The fourth-order valence-electron chi connectivity index (χ4n) is 5.02. The molecule has 0 bridgehead atoms. The van der Waals surface area contributed by atoms with Crippen molar-refractivity contribution >= 4 is 29.6 Å². The Hall–Kier alpha value is -3.43. The maximum atomic E-state index is 13.9. The zero-order chi connectivity index (χ0) is 31.6. The van der Waals surface area contributed by atoms with Gasteiger partial charge < -0.3 is 25.2 Å². The van der Waals surface area contributed by atoms with Crippen molar-refractivity contribution < 1.29 is 28.7 Å². The highest BCUT2D eigenvalue weighted by Gasteiger charge is 2.37. The van der Waals surface area contributed by atoms with E-state index in [1.807, 2.05) is 71.9 Å². The third-order valence-corrected chi connectivity index (χ3v) is 7.31. The van der Waals surface area contributed by atoms with Gasteiger partial charge in [0.15, 0.2) is 6.10 Å². The van der Waals surface area contributed by atoms with Crippen LogP contribution in [0.3, 0.4) is 0 Å². The number of cyclic esters (lactones) is 1. The number of hydrogen-bond acceptors (Lipinski definition) is 6. The molecule has 1 aliphatic rings. The first-order chi connectivity index (χ1) is 19.7. The van der Waals surface area contributed by atoms with Crippen molar-refractivity contribution in [2.45, 2.75) is 97.9 Å². The van der Waals surface area contributed by atoms with E-state index < -0.39 is 42.0 Å². The predicted molar refractivity (Wildman–Crippen MR) is 161 cm³/mol. The number of rotatable bonds is 8. The van der Waals surface area contributed by atoms with Crippen LogP contribution in [-0.2, 0) is 35.1 Å². The maximum Gasteiger partial charge on any atom is 0.329 e. The third-order valence-electron chi connectivity index (χ3n) is 7.31. The van der Waals surface area contributed by atoms with Gasteiger partial charge in [-0.25, -0.2) is 4.79 Å². The first-order valence-electron chi connectivity index (χ1n) is 15.0. The summed E-state index contributed by atoms with van der Waals surface area (Å²) in [5, 5.41) is 5.60. The van der Waals surface area contributed by atoms with Crippen molar-refractivity contribution in [1.29, 1.82) is 0 Å². The largest absolute Gasteiger partial charge is 0.451 e. The second kappa shape index (κ2) is 16.3. The lowest BCUT2D eigenvalue weighted by Crippen LogP contribution is -2.56. The number of carbonyl (C=O) groups excluding carboxylic acids is 5. The summed E-state index contributed by atoms with van der Waals surface area (Å²) in [5.41, 5.74) is 0.865. The predicted octanol–water partition coefficient (Wildman–Crippen LogP) is 2.94. The van der Waals surface area contributed by atoms with E-state index in [2.05, 4.69) is 10.6 Å². The van der Waals surface area contributed by atoms with Crippen molar-refractivity contribution in [3.8, 4) is 0 Å². The van der Waals surface area contributed by atoms with Crippen LogP contribution in [0.5, 0.6) is 0 Å². The summed E-state index contributed by atoms with van der Waals surface area (Å²) in [6.07, 6.45) is 0.0194. The van der Waals surface area contributed by atoms with Gasteiger partial charge in [-0.1, -0.05) is 71.9 Å². The number of esters is 1. The van der Waals surface area contributed by atoms with Crippen molar-refractivity contribution in [1.82, 2.24) is 20.4 Å². The summed E-state index contributed by atoms with van der Waals surface area (Å²) in [7, 11) is 3.14. The molecule has 2 rings (SSSR count). The van der Waals surface area contributed by atoms with E-state index >= 15 is 0 Å². The molecule has 1 fully saturated rings. The molecule has 4 atom stereocenters. The second-order valence-electron chi connectivity index (χ2n) is 12.7. The number of nitrogens with zero attached hydrogens (tertiary/aromatic N) is 2. The van der Waals surface area contributed by atoms with E-state index in [9.17, 15) is 24.0 Å². The van der Waals surface area contributed by atoms with Crippen LogP contribution in [0.4, 0.5) is 0 Å². The Labute approximate surface area is 250 Å². The van der Waals surface area contributed by atoms with Crippen molar-refractivity contribution in [3.05, 3.63) is 35.9 Å². The molecule has 1 saturated heterocycles. The molecular formula is C32H50N4O6. The van der Waals surface area contributed by atoms with Crippen LogP contribution in [0, 0.1) is 17.8 Å². The monoisotopic (exact) mass is 586 g/mol. The van der Waals surface area contributed by atoms with Crippen LogP contribution >= 0.6 is 0 Å². The molecule has 10 heteroatoms. The topological polar surface area (TPSA) is 125 Å². The van der Waals surface area contributed by atoms with Crippen LogP contribution in [-0.4, -0.2) is 84.3 Å². The zero-order valence-corrected chi connectivity index (χ0v) is 26.5. The van der Waals surface area contributed by atoms with E-state index in [1.165, 1.54) is 9.80 Å². The van der Waals surface area contributed by atoms with E-state index in [0.29, 0.717) is 12.8 Å². The van der Waals surface area contributed by atoms with Gasteiger partial charge in [0.2, 0.25) is 17.7 Å². The number of hydrogen-bond donors (Lipinski definition) is 2. The first-order valence-corrected chi connectivity index (χ1v) is 15.0. The number of amides is 4. The number of ether oxygens (including phenoxy) is 1. The molecule has 2 N–H and O–H groups in total. The van der Waals surface area contributed by atoms with Crippen molar-refractivity contribution in [2.75, 3.05) is 20.6 Å². The fourth-order valence-corrected chi connectivity index (χ4v) is 5.02. The fraction of sp³-hybridized carbons (Fsp3) is 0.656. The molecule has 1 aromatic carbocycles. The molecule has 4 amide bonds. The van der Waals surface area contributed by atoms with Gasteiger partial charge in [0.05, 0.1) is 0 Å². The highest BCUT2D eigenvalue weighted by molar-refractivity contribution is 5.93. The molecule has 42 heavy (non-hydrogen) atoms. The molecular weight excluding hydrogens is 536 g/mol. The van der Waals surface area contributed by atoms with E-state index in [4.69, 9.17) is 4.74 Å². The van der Waals surface area contributed by atoms with Gasteiger partial charge in [0.25, 0.3) is 5.91 Å². The van der Waals surface area contributed by atoms with Crippen LogP contribution in [0.25, 0.3) is 0 Å². The molecule has 0 aliphatic carbocycles. The lowest BCUT2D eigenvalue weighted by atomic mass is 9.99. The van der Waals surface area contributed by atoms with Gasteiger partial charge in [-0.15, -0.1) is 0 Å². The minimum absolute atomic E-state index is 0.0143. The van der Waals surface area contributed by atoms with Gasteiger partial charge in [-0.2, -0.15) is 0 Å². The van der Waals surface area contributed by atoms with Gasteiger partial charge in [0, 0.05) is 33.5 Å². The molecule has 0 aromatic heterocycles. The zero-order valence-electron chi connectivity index (χ0n) is 26.5. The number of nitrogens with one attached hydrogen (secondary N) is 2. The second-order valence-corrected chi connectivity index (χ2v) is 12.7. The quantitative estimate of drug-likeness (QED) is 0.452. The Kier molecular flexibility index (Phi) is 13.5. The number of likely N-dealkylation sites (N-methyl/N-ethyl adjacent to an activating group) is 2. The minimum Gasteiger partial charge on any atom is -0.451 e. The molecule has 10 nitrogen and oxygen atoms in total. The minimum atomic E-state index is -1.13. The van der Waals surface area contributed by atoms with E-state index in [1.54, 1.807) is 14.1 Å². The lowest BCUT2D eigenvalue weighted by molar-refractivity contribution is -0.165. The van der Waals surface area contributed by atoms with Gasteiger partial charge in [0.1, 0.15) is 18.1 Å². The number of benzene rings is 1. The van der Waals surface area contributed by atoms with Gasteiger partial charge in [-0.05, 0) is 42.6 Å². The summed E-state index contributed by atoms with van der Waals surface area (Å²) in [4.78, 5) is 70.3. The van der Waals surface area contributed by atoms with Gasteiger partial charge in [-0.3, -0.25) is 19.2 Å². The normalized spacial score (nSPS) is 23.8. The molecule has 1 aromatic rings. The average Bonchev–Trinajstić information content (AvgIpc) is 2.91. The van der Waals surface area contributed by atoms with Crippen LogP contribution in [0.15, 0.2) is 30.3 Å². The average molecular weight is 587 g/mol. The Morgan fingerprint density at radius 1 is 0.786 bits per heavy atom. The SMILES string of the molecule is CC(C)CC1NC(=O)CCN(C)C(=O)[C@H](Cc2ccccc2)N(C)C(=O)C(CC(C)C)OC(=O)C(CC(C)C)NC1=O. The third kappa shape index (κ3) is 10.8. The summed E-state index contributed by atoms with van der Waals surface area (Å²) >= 11 is 0. The molecule has 3 unspecified atom stereocenters. The molecule has 1 heterocycles. The van der Waals surface area contributed by atoms with E-state index in [0.717, 1.165) is 5.56 Å². The Balaban J connectivity index is 2.54. The Morgan fingerprint density at radius 3 is 1.93 bits per heavy atom. The standard InChI is InChI=1S/C32H50N4O6/c1-20(2)16-24-29(38)34-25(17-21(3)4)32(41)42-27(18-22(5)6)31(40)36(8)26(19-23-12-10-9-11-13-23)30(39)35(7)15-14-28(37)33-24/h9-13,20-22,24-27H,14-19H2,1-8H3,(H,33,37)(H,34,38)/t24?,25?,26-,27?/m0/s1. The highest BCUT2D eigenvalue weighted by atomic mass is 16.5. The van der Waals surface area contributed by atoms with Crippen LogP contribution < -0.4 is 10.6 Å². The van der Waals surface area contributed by atoms with Crippen LogP contribution in [0.2, 0.25) is 0 Å². The molecule has 0 spiro atoms. The van der Waals surface area contributed by atoms with Crippen molar-refractivity contribution in [2.24, 2.45) is 17.8 Å². The Morgan fingerprint density at radius 2 is 1.36 bits per heavy atom. The molecule has 0 saturated carbocycles. The number of carbonyl (C=O) groups is 5. The lowest BCUT2D eigenvalue weighted by Gasteiger charge is -2.34. The maximum absolute atomic E-state index is 13.9. The first kappa shape index (κ1) is 34.8. The molecule has 0 radical (unpaired) electrons. The smallest absolute Gasteiger partial charge is 0.329 e. The summed E-state index contributed by atoms with van der Waals surface area (Å²) in [6.45, 7) is 11.7. The molecule has 234 valence electrons. The van der Waals surface area contributed by atoms with Gasteiger partial charge >= 0.3 is 5.97 Å². The molecule has 1 aliphatic heterocycles. The Bertz CT molecular complexity index is 1070. The summed E-state index contributed by atoms with van der Waals surface area (Å²) in [5.74, 6) is -2.26. The van der Waals surface area contributed by atoms with E-state index in [-0.39, 0.29) is 55.4 Å². The van der Waals surface area contributed by atoms with Crippen molar-refractivity contribution in [3.63, 3.8) is 0 Å². The van der Waals surface area contributed by atoms with Crippen LogP contribution in [0.1, 0.15) is 72.8 Å².